The topological polar surface area (TPSA) is 58.1 Å². The number of fused-ring (bicyclic) bond motifs is 7. The van der Waals surface area contributed by atoms with Gasteiger partial charge >= 0.3 is 0 Å². The lowest BCUT2D eigenvalue weighted by Gasteiger charge is -2.27. The molecule has 0 aliphatic carbocycles. The van der Waals surface area contributed by atoms with Gasteiger partial charge in [-0.15, -0.1) is 0 Å². The summed E-state index contributed by atoms with van der Waals surface area (Å²) in [5.41, 5.74) is 10.9. The lowest BCUT2D eigenvalue weighted by atomic mass is 10.0. The minimum Gasteiger partial charge on any atom is -0.455 e. The Bertz CT molecular complexity index is 3460. The van der Waals surface area contributed by atoms with E-state index in [1.165, 1.54) is 11.1 Å². The van der Waals surface area contributed by atoms with E-state index >= 15 is 0 Å². The Labute approximate surface area is 352 Å². The molecule has 0 saturated heterocycles. The Morgan fingerprint density at radius 1 is 0.492 bits per heavy atom. The van der Waals surface area contributed by atoms with E-state index in [1.807, 2.05) is 18.2 Å². The predicted octanol–water partition coefficient (Wildman–Crippen LogP) is 13.9. The van der Waals surface area contributed by atoms with Gasteiger partial charge in [-0.25, -0.2) is 9.98 Å². The van der Waals surface area contributed by atoms with Crippen LogP contribution in [0.2, 0.25) is 0 Å². The van der Waals surface area contributed by atoms with Crippen molar-refractivity contribution in [3.63, 3.8) is 0 Å². The molecule has 2 aromatic heterocycles. The number of nitrogens with zero attached hydrogens (tertiary/aromatic N) is 4. The molecule has 0 bridgehead atoms. The highest BCUT2D eigenvalue weighted by Gasteiger charge is 2.28. The highest BCUT2D eigenvalue weighted by molar-refractivity contribution is 6.24. The summed E-state index contributed by atoms with van der Waals surface area (Å²) in [5, 5.41) is 10.4. The van der Waals surface area contributed by atoms with Gasteiger partial charge in [0.05, 0.1) is 27.7 Å². The van der Waals surface area contributed by atoms with E-state index in [0.717, 1.165) is 88.5 Å². The Hall–Kier alpha value is -8.22. The second-order valence-electron chi connectivity index (χ2n) is 15.4. The van der Waals surface area contributed by atoms with Gasteiger partial charge < -0.3 is 19.2 Å². The summed E-state index contributed by atoms with van der Waals surface area (Å²) in [6.45, 7) is 0. The maximum absolute atomic E-state index is 7.07. The van der Waals surface area contributed by atoms with Gasteiger partial charge in [-0.05, 0) is 88.6 Å². The zero-order valence-electron chi connectivity index (χ0n) is 33.0. The van der Waals surface area contributed by atoms with Gasteiger partial charge in [-0.2, -0.15) is 0 Å². The third kappa shape index (κ3) is 5.88. The number of furan rings is 1. The summed E-state index contributed by atoms with van der Waals surface area (Å²) >= 11 is 0. The van der Waals surface area contributed by atoms with Crippen LogP contribution in [0.25, 0.3) is 65.6 Å². The molecule has 0 saturated carbocycles. The molecule has 12 rings (SSSR count). The fourth-order valence-corrected chi connectivity index (χ4v) is 9.00. The Morgan fingerprint density at radius 2 is 1.10 bits per heavy atom. The number of aliphatic imine (C=N–C) groups is 2. The van der Waals surface area contributed by atoms with Gasteiger partial charge in [0, 0.05) is 33.1 Å². The molecule has 0 spiro atoms. The molecule has 11 aromatic rings. The van der Waals surface area contributed by atoms with Crippen molar-refractivity contribution >= 4 is 83.3 Å². The first-order valence-electron chi connectivity index (χ1n) is 20.6. The molecule has 1 atom stereocenters. The van der Waals surface area contributed by atoms with Crippen LogP contribution < -0.4 is 10.2 Å². The molecular weight excluding hydrogens is 747 g/mol. The third-order valence-corrected chi connectivity index (χ3v) is 11.8. The van der Waals surface area contributed by atoms with Crippen LogP contribution >= 0.6 is 0 Å². The van der Waals surface area contributed by atoms with Crippen LogP contribution in [-0.4, -0.2) is 16.2 Å². The maximum atomic E-state index is 7.07. The van der Waals surface area contributed by atoms with Gasteiger partial charge in [0.2, 0.25) is 6.29 Å². The van der Waals surface area contributed by atoms with Crippen LogP contribution in [0.1, 0.15) is 17.4 Å². The molecule has 6 nitrogen and oxygen atoms in total. The summed E-state index contributed by atoms with van der Waals surface area (Å²) in [6.07, 6.45) is -0.528. The first-order chi connectivity index (χ1) is 30.2. The number of hydrogen-bond donors (Lipinski definition) is 1. The van der Waals surface area contributed by atoms with Crippen molar-refractivity contribution in [1.82, 2.24) is 9.88 Å². The highest BCUT2D eigenvalue weighted by Crippen LogP contribution is 2.45. The molecule has 9 aromatic carbocycles. The van der Waals surface area contributed by atoms with Crippen molar-refractivity contribution in [1.29, 1.82) is 0 Å². The van der Waals surface area contributed by atoms with E-state index in [-0.39, 0.29) is 0 Å². The summed E-state index contributed by atoms with van der Waals surface area (Å²) in [5.74, 6) is 1.32. The molecule has 1 N–H and O–H groups in total. The molecule has 288 valence electrons. The van der Waals surface area contributed by atoms with Crippen LogP contribution in [0.15, 0.2) is 227 Å². The van der Waals surface area contributed by atoms with E-state index in [9.17, 15) is 0 Å². The maximum Gasteiger partial charge on any atom is 0.204 e. The van der Waals surface area contributed by atoms with Crippen LogP contribution in [0.5, 0.6) is 0 Å². The fourth-order valence-electron chi connectivity index (χ4n) is 9.00. The summed E-state index contributed by atoms with van der Waals surface area (Å²) in [4.78, 5) is 13.2. The Morgan fingerprint density at radius 3 is 1.82 bits per heavy atom. The second kappa shape index (κ2) is 14.3. The second-order valence-corrected chi connectivity index (χ2v) is 15.4. The molecule has 1 unspecified atom stereocenters. The van der Waals surface area contributed by atoms with Crippen LogP contribution in [0.3, 0.4) is 0 Å². The normalized spacial score (nSPS) is 14.1. The van der Waals surface area contributed by atoms with E-state index < -0.39 is 6.29 Å². The largest absolute Gasteiger partial charge is 0.455 e. The lowest BCUT2D eigenvalue weighted by Crippen LogP contribution is -2.36. The van der Waals surface area contributed by atoms with Crippen LogP contribution in [0, 0.1) is 0 Å². The van der Waals surface area contributed by atoms with E-state index in [2.05, 4.69) is 209 Å². The number of nitrogens with one attached hydrogen (secondary N) is 1. The first kappa shape index (κ1) is 34.8. The molecule has 0 fully saturated rings. The summed E-state index contributed by atoms with van der Waals surface area (Å²) in [7, 11) is 0. The number of amidine groups is 2. The van der Waals surface area contributed by atoms with E-state index in [1.54, 1.807) is 0 Å². The molecule has 61 heavy (non-hydrogen) atoms. The average molecular weight is 784 g/mol. The number of para-hydroxylation sites is 3. The molecule has 1 aliphatic rings. The third-order valence-electron chi connectivity index (χ3n) is 11.8. The van der Waals surface area contributed by atoms with Crippen molar-refractivity contribution < 1.29 is 4.42 Å². The number of hydrogen-bond acceptors (Lipinski definition) is 5. The van der Waals surface area contributed by atoms with Gasteiger partial charge in [0.25, 0.3) is 0 Å². The smallest absolute Gasteiger partial charge is 0.204 e. The van der Waals surface area contributed by atoms with E-state index in [4.69, 9.17) is 14.4 Å². The lowest BCUT2D eigenvalue weighted by molar-refractivity contribution is 0.515. The SMILES string of the molecule is c1ccc(C2=NC(c3ccc(N(c4ccccc4)c4ccccc4)c4c3oc3cc5ccccc5cc34)=NC(n3c4ccccc4c4cc(-c5ccccc5)ccc43)N2)cc1. The monoisotopic (exact) mass is 783 g/mol. The highest BCUT2D eigenvalue weighted by atomic mass is 16.3. The Kier molecular flexibility index (Phi) is 8.13. The number of aromatic nitrogens is 1. The van der Waals surface area contributed by atoms with Crippen LogP contribution in [-0.2, 0) is 0 Å². The van der Waals surface area contributed by atoms with Crippen molar-refractivity contribution in [2.24, 2.45) is 9.98 Å². The number of benzene rings is 9. The molecular formula is C55H37N5O. The first-order valence-corrected chi connectivity index (χ1v) is 20.6. The van der Waals surface area contributed by atoms with Crippen molar-refractivity contribution in [3.05, 3.63) is 223 Å². The predicted molar refractivity (Wildman–Crippen MR) is 252 cm³/mol. The van der Waals surface area contributed by atoms with Crippen molar-refractivity contribution in [2.75, 3.05) is 4.90 Å². The van der Waals surface area contributed by atoms with Crippen LogP contribution in [0.4, 0.5) is 17.1 Å². The molecule has 3 heterocycles. The van der Waals surface area contributed by atoms with Crippen molar-refractivity contribution in [2.45, 2.75) is 6.29 Å². The minimum atomic E-state index is -0.528. The molecule has 0 amide bonds. The number of rotatable bonds is 7. The standard InChI is InChI=1S/C55H37N5O/c1-5-17-36(18-6-1)40-29-31-48-45(33-40)43-27-15-16-28-47(43)60(48)55-57-53(37-19-7-2-8-20-37)56-54(58-55)44-30-32-49(59(41-23-9-3-10-24-41)42-25-11-4-12-26-42)51-46-34-38-21-13-14-22-39(38)35-50(46)61-52(44)51/h1-35,55H,(H,56,57,58). The van der Waals surface area contributed by atoms with E-state index in [0.29, 0.717) is 5.84 Å². The zero-order chi connectivity index (χ0) is 40.3. The molecule has 1 aliphatic heterocycles. The number of anilines is 3. The summed E-state index contributed by atoms with van der Waals surface area (Å²) < 4.78 is 9.37. The average Bonchev–Trinajstić information content (AvgIpc) is 3.87. The fraction of sp³-hybridized carbons (Fsp3) is 0.0182. The van der Waals surface area contributed by atoms with Gasteiger partial charge in [0.1, 0.15) is 17.0 Å². The molecule has 0 radical (unpaired) electrons. The van der Waals surface area contributed by atoms with Gasteiger partial charge in [-0.3, -0.25) is 0 Å². The minimum absolute atomic E-state index is 0.528. The van der Waals surface area contributed by atoms with Crippen molar-refractivity contribution in [3.8, 4) is 11.1 Å². The Balaban J connectivity index is 1.12. The molecule has 6 heteroatoms. The van der Waals surface area contributed by atoms with Gasteiger partial charge in [-0.1, -0.05) is 146 Å². The zero-order valence-corrected chi connectivity index (χ0v) is 33.0. The van der Waals surface area contributed by atoms with Gasteiger partial charge in [0.15, 0.2) is 5.84 Å². The quantitative estimate of drug-likeness (QED) is 0.175. The summed E-state index contributed by atoms with van der Waals surface area (Å²) in [6, 6.07) is 74.4.